The number of aromatic nitrogens is 4. The molecular weight excluding hydrogens is 575 g/mol. The summed E-state index contributed by atoms with van der Waals surface area (Å²) in [5, 5.41) is 3.83. The Labute approximate surface area is 241 Å². The van der Waals surface area contributed by atoms with Crippen LogP contribution in [-0.2, 0) is 26.1 Å². The summed E-state index contributed by atoms with van der Waals surface area (Å²) in [5.74, 6) is -0.0888. The normalized spacial score (nSPS) is 10.8. The van der Waals surface area contributed by atoms with E-state index < -0.39 is 12.4 Å². The molecule has 40 heavy (non-hydrogen) atoms. The number of rotatable bonds is 10. The smallest absolute Gasteiger partial charge is 0.296 e. The van der Waals surface area contributed by atoms with Crippen molar-refractivity contribution in [1.29, 1.82) is 0 Å². The molecule has 9 heteroatoms. The molecule has 206 valence electrons. The SMILES string of the molecule is Br.CCCCc1nc(CF)n(Cc2ccccc2)c(=O)c1Cc1ccc(-c2ccccc2-c2noc(=O)[nH]2)cc1. The molecule has 0 aliphatic carbocycles. The van der Waals surface area contributed by atoms with Crippen molar-refractivity contribution >= 4 is 17.0 Å². The van der Waals surface area contributed by atoms with Crippen molar-refractivity contribution in [3.63, 3.8) is 0 Å². The average Bonchev–Trinajstić information content (AvgIpc) is 3.41. The third-order valence-electron chi connectivity index (χ3n) is 6.77. The van der Waals surface area contributed by atoms with E-state index in [4.69, 9.17) is 0 Å². The molecule has 0 saturated heterocycles. The maximum absolute atomic E-state index is 14.0. The summed E-state index contributed by atoms with van der Waals surface area (Å²) < 4.78 is 20.2. The minimum Gasteiger partial charge on any atom is -0.296 e. The van der Waals surface area contributed by atoms with Crippen molar-refractivity contribution in [2.75, 3.05) is 0 Å². The summed E-state index contributed by atoms with van der Waals surface area (Å²) in [5.41, 5.74) is 5.49. The Kier molecular flexibility index (Phi) is 9.60. The largest absolute Gasteiger partial charge is 0.439 e. The Balaban J connectivity index is 0.00000370. The van der Waals surface area contributed by atoms with Gasteiger partial charge in [0.05, 0.1) is 12.2 Å². The van der Waals surface area contributed by atoms with E-state index in [0.29, 0.717) is 29.9 Å². The number of H-pyrrole nitrogens is 1. The fourth-order valence-corrected chi connectivity index (χ4v) is 4.74. The summed E-state index contributed by atoms with van der Waals surface area (Å²) in [6.45, 7) is 1.55. The number of alkyl halides is 1. The Bertz CT molecular complexity index is 1680. The minimum absolute atomic E-state index is 0. The maximum Gasteiger partial charge on any atom is 0.439 e. The van der Waals surface area contributed by atoms with Gasteiger partial charge in [-0.25, -0.2) is 14.2 Å². The van der Waals surface area contributed by atoms with Gasteiger partial charge in [-0.05, 0) is 35.1 Å². The zero-order valence-electron chi connectivity index (χ0n) is 22.1. The average molecular weight is 606 g/mol. The van der Waals surface area contributed by atoms with Gasteiger partial charge in [-0.2, -0.15) is 0 Å². The standard InChI is InChI=1S/C31H29FN4O3.BrH/c1-2-3-13-27-26(30(37)36(28(19-32)33-27)20-22-9-5-4-6-10-22)18-21-14-16-23(17-15-21)24-11-7-8-12-25(24)29-34-31(38)39-35-29;/h4-12,14-17H,2-3,13,18-20H2,1H3,(H,34,35,38);1H. The van der Waals surface area contributed by atoms with Gasteiger partial charge in [0.2, 0.25) is 0 Å². The Hall–Kier alpha value is -4.11. The lowest BCUT2D eigenvalue weighted by Gasteiger charge is -2.16. The quantitative estimate of drug-likeness (QED) is 0.202. The molecule has 2 aromatic heterocycles. The van der Waals surface area contributed by atoms with Crippen molar-refractivity contribution < 1.29 is 8.91 Å². The van der Waals surface area contributed by atoms with Crippen molar-refractivity contribution in [2.24, 2.45) is 0 Å². The Morgan fingerprint density at radius 3 is 2.25 bits per heavy atom. The third kappa shape index (κ3) is 6.37. The Morgan fingerprint density at radius 2 is 1.60 bits per heavy atom. The maximum atomic E-state index is 14.0. The van der Waals surface area contributed by atoms with Crippen LogP contribution in [0.15, 0.2) is 93.0 Å². The van der Waals surface area contributed by atoms with Crippen LogP contribution in [0.2, 0.25) is 0 Å². The van der Waals surface area contributed by atoms with E-state index in [1.165, 1.54) is 4.57 Å². The molecule has 0 aliphatic heterocycles. The van der Waals surface area contributed by atoms with E-state index in [2.05, 4.69) is 26.6 Å². The second-order valence-corrected chi connectivity index (χ2v) is 9.43. The zero-order valence-corrected chi connectivity index (χ0v) is 23.8. The van der Waals surface area contributed by atoms with Crippen LogP contribution in [0.4, 0.5) is 4.39 Å². The molecule has 0 aliphatic rings. The van der Waals surface area contributed by atoms with E-state index in [-0.39, 0.29) is 34.9 Å². The molecule has 5 aromatic rings. The van der Waals surface area contributed by atoms with Gasteiger partial charge < -0.3 is 0 Å². The van der Waals surface area contributed by atoms with Gasteiger partial charge in [-0.3, -0.25) is 18.9 Å². The molecule has 0 amide bonds. The van der Waals surface area contributed by atoms with E-state index in [0.717, 1.165) is 40.7 Å². The minimum atomic E-state index is -0.799. The summed E-state index contributed by atoms with van der Waals surface area (Å²) in [7, 11) is 0. The van der Waals surface area contributed by atoms with Gasteiger partial charge in [0.15, 0.2) is 5.82 Å². The molecule has 0 atom stereocenters. The third-order valence-corrected chi connectivity index (χ3v) is 6.77. The summed E-state index contributed by atoms with van der Waals surface area (Å²) in [6, 6.07) is 25.1. The van der Waals surface area contributed by atoms with Crippen LogP contribution in [0.1, 0.15) is 48.0 Å². The first kappa shape index (κ1) is 28.9. The second kappa shape index (κ2) is 13.3. The van der Waals surface area contributed by atoms with Crippen LogP contribution in [0.3, 0.4) is 0 Å². The molecule has 0 spiro atoms. The van der Waals surface area contributed by atoms with Crippen LogP contribution in [0.5, 0.6) is 0 Å². The number of nitrogens with one attached hydrogen (secondary N) is 1. The van der Waals surface area contributed by atoms with Crippen LogP contribution < -0.4 is 11.3 Å². The highest BCUT2D eigenvalue weighted by atomic mass is 79.9. The molecule has 0 saturated carbocycles. The molecule has 0 radical (unpaired) electrons. The fraction of sp³-hybridized carbons (Fsp3) is 0.226. The van der Waals surface area contributed by atoms with Gasteiger partial charge in [-0.1, -0.05) is 97.4 Å². The molecule has 7 nitrogen and oxygen atoms in total. The van der Waals surface area contributed by atoms with Gasteiger partial charge >= 0.3 is 5.76 Å². The highest BCUT2D eigenvalue weighted by Crippen LogP contribution is 2.30. The summed E-state index contributed by atoms with van der Waals surface area (Å²) >= 11 is 0. The summed E-state index contributed by atoms with van der Waals surface area (Å²) in [4.78, 5) is 32.5. The first-order valence-corrected chi connectivity index (χ1v) is 13.0. The molecule has 5 rings (SSSR count). The number of unbranched alkanes of at least 4 members (excludes halogenated alkanes) is 1. The molecule has 3 aromatic carbocycles. The van der Waals surface area contributed by atoms with E-state index in [1.54, 1.807) is 0 Å². The van der Waals surface area contributed by atoms with Crippen molar-refractivity contribution in [1.82, 2.24) is 19.7 Å². The predicted octanol–water partition coefficient (Wildman–Crippen LogP) is 6.28. The molecule has 0 unspecified atom stereocenters. The number of hydrogen-bond donors (Lipinski definition) is 1. The second-order valence-electron chi connectivity index (χ2n) is 9.43. The fourth-order valence-electron chi connectivity index (χ4n) is 4.74. The number of halogens is 2. The lowest BCUT2D eigenvalue weighted by molar-refractivity contribution is 0.388. The molecule has 0 bridgehead atoms. The number of nitrogens with zero attached hydrogens (tertiary/aromatic N) is 3. The highest BCUT2D eigenvalue weighted by Gasteiger charge is 2.18. The number of benzene rings is 3. The van der Waals surface area contributed by atoms with Crippen LogP contribution >= 0.6 is 17.0 Å². The zero-order chi connectivity index (χ0) is 27.2. The van der Waals surface area contributed by atoms with Crippen LogP contribution in [-0.4, -0.2) is 19.7 Å². The molecule has 1 N–H and O–H groups in total. The van der Waals surface area contributed by atoms with Gasteiger partial charge in [0, 0.05) is 17.5 Å². The number of aromatic amines is 1. The van der Waals surface area contributed by atoms with Gasteiger partial charge in [0.25, 0.3) is 5.56 Å². The molecule has 0 fully saturated rings. The topological polar surface area (TPSA) is 93.8 Å². The first-order chi connectivity index (χ1) is 19.1. The van der Waals surface area contributed by atoms with Gasteiger partial charge in [-0.15, -0.1) is 17.0 Å². The summed E-state index contributed by atoms with van der Waals surface area (Å²) in [6.07, 6.45) is 2.84. The highest BCUT2D eigenvalue weighted by molar-refractivity contribution is 8.93. The number of hydrogen-bond acceptors (Lipinski definition) is 5. The first-order valence-electron chi connectivity index (χ1n) is 13.0. The van der Waals surface area contributed by atoms with Gasteiger partial charge in [0.1, 0.15) is 12.5 Å². The molecular formula is C31H30BrFN4O3. The van der Waals surface area contributed by atoms with Crippen LogP contribution in [0.25, 0.3) is 22.5 Å². The van der Waals surface area contributed by atoms with Crippen molar-refractivity contribution in [3.8, 4) is 22.5 Å². The number of aryl methyl sites for hydroxylation is 1. The van der Waals surface area contributed by atoms with E-state index in [1.807, 2.05) is 78.9 Å². The molecule has 2 heterocycles. The van der Waals surface area contributed by atoms with E-state index >= 15 is 0 Å². The monoisotopic (exact) mass is 604 g/mol. The van der Waals surface area contributed by atoms with E-state index in [9.17, 15) is 14.0 Å². The van der Waals surface area contributed by atoms with Crippen molar-refractivity contribution in [3.05, 3.63) is 128 Å². The lowest BCUT2D eigenvalue weighted by atomic mass is 9.96. The van der Waals surface area contributed by atoms with Crippen LogP contribution in [0, 0.1) is 0 Å². The predicted molar refractivity (Wildman–Crippen MR) is 159 cm³/mol. The van der Waals surface area contributed by atoms with Crippen molar-refractivity contribution in [2.45, 2.75) is 45.8 Å². The Morgan fingerprint density at radius 1 is 0.900 bits per heavy atom. The lowest BCUT2D eigenvalue weighted by Crippen LogP contribution is -2.30.